The average Bonchev–Trinajstić information content (AvgIpc) is 2.65. The second kappa shape index (κ2) is 9.50. The largest absolute Gasteiger partial charge is 0.497 e. The molecule has 1 amide bonds. The molecular formula is C21H27ClN2O4S. The second-order valence-corrected chi connectivity index (χ2v) is 9.74. The number of rotatable bonds is 8. The van der Waals surface area contributed by atoms with Crippen molar-refractivity contribution in [2.75, 3.05) is 24.7 Å². The number of carbonyl (C=O) groups is 1. The zero-order valence-corrected chi connectivity index (χ0v) is 18.8. The van der Waals surface area contributed by atoms with Gasteiger partial charge in [-0.25, -0.2) is 8.42 Å². The van der Waals surface area contributed by atoms with Crippen molar-refractivity contribution in [2.24, 2.45) is 5.92 Å². The van der Waals surface area contributed by atoms with Crippen LogP contribution in [0.25, 0.3) is 0 Å². The molecule has 2 aromatic rings. The van der Waals surface area contributed by atoms with Gasteiger partial charge in [-0.15, -0.1) is 0 Å². The Morgan fingerprint density at radius 2 is 1.79 bits per heavy atom. The van der Waals surface area contributed by atoms with E-state index in [1.165, 1.54) is 19.2 Å². The molecule has 0 aromatic heterocycles. The number of hydrogen-bond acceptors (Lipinski definition) is 4. The molecule has 1 N–H and O–H groups in total. The minimum atomic E-state index is -3.42. The highest BCUT2D eigenvalue weighted by Crippen LogP contribution is 2.27. The fourth-order valence-corrected chi connectivity index (χ4v) is 3.65. The van der Waals surface area contributed by atoms with E-state index in [0.717, 1.165) is 28.3 Å². The normalized spacial score (nSPS) is 12.5. The summed E-state index contributed by atoms with van der Waals surface area (Å²) in [6.07, 6.45) is 1.86. The van der Waals surface area contributed by atoms with Crippen LogP contribution in [0, 0.1) is 5.92 Å². The molecule has 0 aliphatic heterocycles. The number of nitrogens with zero attached hydrogens (tertiary/aromatic N) is 1. The summed E-state index contributed by atoms with van der Waals surface area (Å²) in [4.78, 5) is 12.9. The summed E-state index contributed by atoms with van der Waals surface area (Å²) in [5.74, 6) is 0.797. The van der Waals surface area contributed by atoms with Crippen molar-refractivity contribution >= 4 is 33.2 Å². The number of amides is 1. The number of carbonyl (C=O) groups excluding carboxylic acids is 1. The third kappa shape index (κ3) is 6.11. The monoisotopic (exact) mass is 438 g/mol. The van der Waals surface area contributed by atoms with Crippen LogP contribution >= 0.6 is 11.6 Å². The maximum Gasteiger partial charge on any atom is 0.253 e. The maximum absolute atomic E-state index is 12.9. The van der Waals surface area contributed by atoms with Crippen LogP contribution in [0.3, 0.4) is 0 Å². The van der Waals surface area contributed by atoms with Crippen LogP contribution in [0.15, 0.2) is 42.5 Å². The number of benzene rings is 2. The minimum absolute atomic E-state index is 0.188. The molecule has 0 aliphatic carbocycles. The number of anilines is 1. The summed E-state index contributed by atoms with van der Waals surface area (Å²) in [5.41, 5.74) is 1.65. The summed E-state index contributed by atoms with van der Waals surface area (Å²) < 4.78 is 29.7. The van der Waals surface area contributed by atoms with Gasteiger partial charge in [-0.05, 0) is 48.2 Å². The standard InChI is InChI=1S/C21H27ClN2O4S/c1-14(2)12-20(15-6-9-17(28-4)10-7-15)23-21(25)18-11-8-16(13-19(18)22)24(3)29(5,26)27/h6-11,13-14,20H,12H2,1-5H3,(H,23,25)/t20-/m1/s1. The fourth-order valence-electron chi connectivity index (χ4n) is 2.90. The van der Waals surface area contributed by atoms with E-state index < -0.39 is 10.0 Å². The molecule has 0 bridgehead atoms. The number of nitrogens with one attached hydrogen (secondary N) is 1. The Morgan fingerprint density at radius 1 is 1.17 bits per heavy atom. The third-order valence-electron chi connectivity index (χ3n) is 4.59. The second-order valence-electron chi connectivity index (χ2n) is 7.32. The molecule has 158 valence electrons. The van der Waals surface area contributed by atoms with E-state index in [1.54, 1.807) is 13.2 Å². The van der Waals surface area contributed by atoms with Gasteiger partial charge >= 0.3 is 0 Å². The van der Waals surface area contributed by atoms with Crippen molar-refractivity contribution in [1.82, 2.24) is 5.32 Å². The summed E-state index contributed by atoms with van der Waals surface area (Å²) in [6.45, 7) is 4.18. The van der Waals surface area contributed by atoms with Crippen molar-refractivity contribution in [3.8, 4) is 5.75 Å². The minimum Gasteiger partial charge on any atom is -0.497 e. The lowest BCUT2D eigenvalue weighted by Gasteiger charge is -2.22. The van der Waals surface area contributed by atoms with Crippen LogP contribution in [0.5, 0.6) is 5.75 Å². The predicted octanol–water partition coefficient (Wildman–Crippen LogP) is 4.26. The van der Waals surface area contributed by atoms with Gasteiger partial charge < -0.3 is 10.1 Å². The first-order chi connectivity index (χ1) is 13.5. The Bertz CT molecular complexity index is 959. The molecule has 6 nitrogen and oxygen atoms in total. The maximum atomic E-state index is 12.9. The molecule has 29 heavy (non-hydrogen) atoms. The van der Waals surface area contributed by atoms with Gasteiger partial charge in [0.1, 0.15) is 5.75 Å². The van der Waals surface area contributed by atoms with E-state index in [4.69, 9.17) is 16.3 Å². The van der Waals surface area contributed by atoms with Gasteiger partial charge in [0, 0.05) is 7.05 Å². The molecule has 0 unspecified atom stereocenters. The van der Waals surface area contributed by atoms with Crippen LogP contribution in [0.4, 0.5) is 5.69 Å². The number of halogens is 1. The molecule has 0 fully saturated rings. The first kappa shape index (κ1) is 23.0. The lowest BCUT2D eigenvalue weighted by Crippen LogP contribution is -2.30. The van der Waals surface area contributed by atoms with E-state index in [1.807, 2.05) is 24.3 Å². The first-order valence-corrected chi connectivity index (χ1v) is 11.4. The van der Waals surface area contributed by atoms with Gasteiger partial charge in [0.05, 0.1) is 35.7 Å². The Balaban J connectivity index is 2.26. The third-order valence-corrected chi connectivity index (χ3v) is 6.11. The SMILES string of the molecule is COc1ccc([C@@H](CC(C)C)NC(=O)c2ccc(N(C)S(C)(=O)=O)cc2Cl)cc1. The molecule has 0 heterocycles. The zero-order chi connectivity index (χ0) is 21.8. The smallest absolute Gasteiger partial charge is 0.253 e. The lowest BCUT2D eigenvalue weighted by molar-refractivity contribution is 0.0932. The Kier molecular flexibility index (Phi) is 7.54. The quantitative estimate of drug-likeness (QED) is 0.668. The lowest BCUT2D eigenvalue weighted by atomic mass is 9.96. The average molecular weight is 439 g/mol. The summed E-state index contributed by atoms with van der Waals surface area (Å²) >= 11 is 6.29. The van der Waals surface area contributed by atoms with Crippen molar-refractivity contribution in [1.29, 1.82) is 0 Å². The van der Waals surface area contributed by atoms with Crippen molar-refractivity contribution < 1.29 is 17.9 Å². The van der Waals surface area contributed by atoms with Crippen LogP contribution < -0.4 is 14.4 Å². The van der Waals surface area contributed by atoms with Gasteiger partial charge in [0.25, 0.3) is 5.91 Å². The van der Waals surface area contributed by atoms with E-state index in [0.29, 0.717) is 17.2 Å². The Morgan fingerprint density at radius 3 is 2.28 bits per heavy atom. The number of hydrogen-bond donors (Lipinski definition) is 1. The van der Waals surface area contributed by atoms with Crippen molar-refractivity contribution in [3.05, 3.63) is 58.6 Å². The van der Waals surface area contributed by atoms with Crippen LogP contribution in [0.1, 0.15) is 42.2 Å². The fraction of sp³-hybridized carbons (Fsp3) is 0.381. The van der Waals surface area contributed by atoms with Gasteiger partial charge in [0.15, 0.2) is 0 Å². The van der Waals surface area contributed by atoms with E-state index >= 15 is 0 Å². The summed E-state index contributed by atoms with van der Waals surface area (Å²) in [5, 5.41) is 3.23. The number of methoxy groups -OCH3 is 1. The highest BCUT2D eigenvalue weighted by atomic mass is 35.5. The molecule has 0 saturated carbocycles. The molecule has 0 spiro atoms. The molecule has 2 aromatic carbocycles. The predicted molar refractivity (Wildman–Crippen MR) is 117 cm³/mol. The van der Waals surface area contributed by atoms with Gasteiger partial charge in [0.2, 0.25) is 10.0 Å². The molecule has 0 aliphatic rings. The Hall–Kier alpha value is -2.25. The summed E-state index contributed by atoms with van der Waals surface area (Å²) in [7, 11) is -0.376. The van der Waals surface area contributed by atoms with E-state index in [9.17, 15) is 13.2 Å². The highest BCUT2D eigenvalue weighted by Gasteiger charge is 2.20. The molecular weight excluding hydrogens is 412 g/mol. The molecule has 1 atom stereocenters. The van der Waals surface area contributed by atoms with Crippen LogP contribution in [-0.4, -0.2) is 34.7 Å². The number of sulfonamides is 1. The van der Waals surface area contributed by atoms with Crippen LogP contribution in [0.2, 0.25) is 5.02 Å². The molecule has 0 saturated heterocycles. The first-order valence-electron chi connectivity index (χ1n) is 9.21. The number of ether oxygens (including phenoxy) is 1. The zero-order valence-electron chi connectivity index (χ0n) is 17.3. The van der Waals surface area contributed by atoms with Gasteiger partial charge in [-0.2, -0.15) is 0 Å². The van der Waals surface area contributed by atoms with Gasteiger partial charge in [-0.3, -0.25) is 9.10 Å². The molecule has 2 rings (SSSR count). The van der Waals surface area contributed by atoms with E-state index in [-0.39, 0.29) is 17.0 Å². The Labute approximate surface area is 177 Å². The molecule has 8 heteroatoms. The topological polar surface area (TPSA) is 75.7 Å². The van der Waals surface area contributed by atoms with Crippen molar-refractivity contribution in [2.45, 2.75) is 26.3 Å². The summed E-state index contributed by atoms with van der Waals surface area (Å²) in [6, 6.07) is 12.0. The van der Waals surface area contributed by atoms with Crippen molar-refractivity contribution in [3.63, 3.8) is 0 Å². The molecule has 0 radical (unpaired) electrons. The van der Waals surface area contributed by atoms with Crippen LogP contribution in [-0.2, 0) is 10.0 Å². The highest BCUT2D eigenvalue weighted by molar-refractivity contribution is 7.92. The van der Waals surface area contributed by atoms with Gasteiger partial charge in [-0.1, -0.05) is 37.6 Å². The van der Waals surface area contributed by atoms with E-state index in [2.05, 4.69) is 19.2 Å².